The molecule has 0 aliphatic heterocycles. The van der Waals surface area contributed by atoms with Gasteiger partial charge in [-0.3, -0.25) is 4.79 Å². The van der Waals surface area contributed by atoms with Crippen LogP contribution in [-0.4, -0.2) is 23.6 Å². The molecule has 0 aliphatic carbocycles. The first-order chi connectivity index (χ1) is 11.6. The normalized spacial score (nSPS) is 10.2. The van der Waals surface area contributed by atoms with Crippen LogP contribution in [0.1, 0.15) is 35.7 Å². The van der Waals surface area contributed by atoms with E-state index in [1.165, 1.54) is 6.07 Å². The number of hydrogen-bond donors (Lipinski definition) is 2. The van der Waals surface area contributed by atoms with Crippen molar-refractivity contribution in [2.75, 3.05) is 11.9 Å². The van der Waals surface area contributed by atoms with E-state index in [-0.39, 0.29) is 17.9 Å². The average Bonchev–Trinajstić information content (AvgIpc) is 2.57. The number of carboxylic acid groups (broad SMARTS) is 1. The van der Waals surface area contributed by atoms with Crippen LogP contribution in [0.3, 0.4) is 0 Å². The van der Waals surface area contributed by atoms with Crippen LogP contribution in [0.15, 0.2) is 48.5 Å². The smallest absolute Gasteiger partial charge is 0.335 e. The lowest BCUT2D eigenvalue weighted by atomic mass is 10.0. The van der Waals surface area contributed by atoms with E-state index in [9.17, 15) is 14.7 Å². The Labute approximate surface area is 141 Å². The second-order valence-corrected chi connectivity index (χ2v) is 5.39. The van der Waals surface area contributed by atoms with Gasteiger partial charge in [0.2, 0.25) is 5.91 Å². The van der Waals surface area contributed by atoms with Crippen molar-refractivity contribution in [3.05, 3.63) is 59.7 Å². The zero-order chi connectivity index (χ0) is 17.4. The van der Waals surface area contributed by atoms with Crippen LogP contribution in [0.2, 0.25) is 0 Å². The van der Waals surface area contributed by atoms with Gasteiger partial charge in [-0.05, 0) is 30.2 Å². The van der Waals surface area contributed by atoms with Gasteiger partial charge in [-0.15, -0.1) is 0 Å². The fraction of sp³-hybridized carbons (Fsp3) is 0.263. The van der Waals surface area contributed by atoms with Gasteiger partial charge in [-0.2, -0.15) is 0 Å². The lowest BCUT2D eigenvalue weighted by Gasteiger charge is -2.12. The number of rotatable bonds is 8. The van der Waals surface area contributed by atoms with Gasteiger partial charge in [-0.25, -0.2) is 4.79 Å². The van der Waals surface area contributed by atoms with Crippen molar-refractivity contribution in [2.24, 2.45) is 0 Å². The molecule has 0 atom stereocenters. The van der Waals surface area contributed by atoms with Crippen LogP contribution in [0.5, 0.6) is 5.75 Å². The number of benzene rings is 2. The van der Waals surface area contributed by atoms with Crippen LogP contribution in [0.4, 0.5) is 5.69 Å². The van der Waals surface area contributed by atoms with E-state index in [1.54, 1.807) is 30.3 Å². The van der Waals surface area contributed by atoms with E-state index in [0.717, 1.165) is 12.8 Å². The second-order valence-electron chi connectivity index (χ2n) is 5.39. The molecule has 5 heteroatoms. The Morgan fingerprint density at radius 2 is 1.79 bits per heavy atom. The Hall–Kier alpha value is -2.82. The Morgan fingerprint density at radius 3 is 2.54 bits per heavy atom. The Morgan fingerprint density at radius 1 is 1.08 bits per heavy atom. The standard InChI is InChI=1S/C19H21NO4/c1-2-3-12-24-17-11-7-6-10-16(17)20-18(21)13-14-8-4-5-9-15(14)19(22)23/h4-11H,2-3,12-13H2,1H3,(H,20,21)(H,22,23). The summed E-state index contributed by atoms with van der Waals surface area (Å²) in [6.45, 7) is 2.67. The molecular weight excluding hydrogens is 306 g/mol. The van der Waals surface area contributed by atoms with Crippen LogP contribution >= 0.6 is 0 Å². The molecule has 0 saturated carbocycles. The summed E-state index contributed by atoms with van der Waals surface area (Å²) in [6.07, 6.45) is 1.96. The molecule has 1 amide bonds. The van der Waals surface area contributed by atoms with E-state index in [1.807, 2.05) is 12.1 Å². The van der Waals surface area contributed by atoms with Crippen molar-refractivity contribution >= 4 is 17.6 Å². The fourth-order valence-electron chi connectivity index (χ4n) is 2.27. The molecule has 0 fully saturated rings. The molecule has 126 valence electrons. The summed E-state index contributed by atoms with van der Waals surface area (Å²) in [5.74, 6) is -0.706. The van der Waals surface area contributed by atoms with Crippen LogP contribution in [0, 0.1) is 0 Å². The van der Waals surface area contributed by atoms with E-state index in [2.05, 4.69) is 12.2 Å². The van der Waals surface area contributed by atoms with E-state index >= 15 is 0 Å². The maximum Gasteiger partial charge on any atom is 0.335 e. The number of unbranched alkanes of at least 4 members (excludes halogenated alkanes) is 1. The molecule has 0 aliphatic rings. The minimum Gasteiger partial charge on any atom is -0.491 e. The van der Waals surface area contributed by atoms with Crippen LogP contribution in [0.25, 0.3) is 0 Å². The summed E-state index contributed by atoms with van der Waals surface area (Å²) < 4.78 is 5.68. The lowest BCUT2D eigenvalue weighted by Crippen LogP contribution is -2.17. The zero-order valence-electron chi connectivity index (χ0n) is 13.6. The molecule has 0 bridgehead atoms. The summed E-state index contributed by atoms with van der Waals surface area (Å²) in [5, 5.41) is 12.0. The molecule has 0 spiro atoms. The Kier molecular flexibility index (Phi) is 6.37. The average molecular weight is 327 g/mol. The quantitative estimate of drug-likeness (QED) is 0.724. The number of carbonyl (C=O) groups excluding carboxylic acids is 1. The van der Waals surface area contributed by atoms with Gasteiger partial charge >= 0.3 is 5.97 Å². The number of hydrogen-bond acceptors (Lipinski definition) is 3. The predicted octanol–water partition coefficient (Wildman–Crippen LogP) is 3.74. The van der Waals surface area contributed by atoms with Crippen molar-refractivity contribution in [3.8, 4) is 5.75 Å². The van der Waals surface area contributed by atoms with Crippen molar-refractivity contribution in [2.45, 2.75) is 26.2 Å². The van der Waals surface area contributed by atoms with Gasteiger partial charge in [0.25, 0.3) is 0 Å². The Bertz CT molecular complexity index is 712. The van der Waals surface area contributed by atoms with Gasteiger partial charge in [0.05, 0.1) is 24.3 Å². The number of aromatic carboxylic acids is 1. The maximum atomic E-state index is 12.3. The monoisotopic (exact) mass is 327 g/mol. The first kappa shape index (κ1) is 17.5. The van der Waals surface area contributed by atoms with Crippen molar-refractivity contribution in [1.29, 1.82) is 0 Å². The molecule has 2 rings (SSSR count). The minimum atomic E-state index is -1.04. The van der Waals surface area contributed by atoms with Gasteiger partial charge in [-0.1, -0.05) is 43.7 Å². The summed E-state index contributed by atoms with van der Waals surface area (Å²) >= 11 is 0. The van der Waals surface area contributed by atoms with Crippen LogP contribution in [-0.2, 0) is 11.2 Å². The highest BCUT2D eigenvalue weighted by Gasteiger charge is 2.14. The van der Waals surface area contributed by atoms with Crippen LogP contribution < -0.4 is 10.1 Å². The van der Waals surface area contributed by atoms with Crippen molar-refractivity contribution in [3.63, 3.8) is 0 Å². The summed E-state index contributed by atoms with van der Waals surface area (Å²) in [6, 6.07) is 13.7. The molecule has 0 radical (unpaired) electrons. The van der Waals surface area contributed by atoms with E-state index in [0.29, 0.717) is 23.6 Å². The first-order valence-corrected chi connectivity index (χ1v) is 7.94. The first-order valence-electron chi connectivity index (χ1n) is 7.94. The summed E-state index contributed by atoms with van der Waals surface area (Å²) in [5.41, 5.74) is 1.21. The zero-order valence-corrected chi connectivity index (χ0v) is 13.6. The van der Waals surface area contributed by atoms with Gasteiger partial charge in [0.15, 0.2) is 0 Å². The minimum absolute atomic E-state index is 0.00817. The summed E-state index contributed by atoms with van der Waals surface area (Å²) in [4.78, 5) is 23.5. The molecule has 2 aromatic carbocycles. The predicted molar refractivity (Wildman–Crippen MR) is 92.6 cm³/mol. The molecule has 0 aromatic heterocycles. The van der Waals surface area contributed by atoms with Gasteiger partial charge in [0, 0.05) is 0 Å². The topological polar surface area (TPSA) is 75.6 Å². The van der Waals surface area contributed by atoms with E-state index < -0.39 is 5.97 Å². The molecule has 24 heavy (non-hydrogen) atoms. The number of carboxylic acids is 1. The molecule has 5 nitrogen and oxygen atoms in total. The number of nitrogens with one attached hydrogen (secondary N) is 1. The molecular formula is C19H21NO4. The SMILES string of the molecule is CCCCOc1ccccc1NC(=O)Cc1ccccc1C(=O)O. The molecule has 2 aromatic rings. The number of ether oxygens (including phenoxy) is 1. The summed E-state index contributed by atoms with van der Waals surface area (Å²) in [7, 11) is 0. The van der Waals surface area contributed by atoms with Crippen molar-refractivity contribution in [1.82, 2.24) is 0 Å². The third kappa shape index (κ3) is 4.84. The number of para-hydroxylation sites is 2. The third-order valence-electron chi connectivity index (χ3n) is 3.52. The maximum absolute atomic E-state index is 12.3. The molecule has 2 N–H and O–H groups in total. The third-order valence-corrected chi connectivity index (χ3v) is 3.52. The molecule has 0 heterocycles. The van der Waals surface area contributed by atoms with Crippen molar-refractivity contribution < 1.29 is 19.4 Å². The highest BCUT2D eigenvalue weighted by Crippen LogP contribution is 2.24. The number of anilines is 1. The number of amides is 1. The van der Waals surface area contributed by atoms with Gasteiger partial charge < -0.3 is 15.2 Å². The molecule has 0 saturated heterocycles. The lowest BCUT2D eigenvalue weighted by molar-refractivity contribution is -0.115. The highest BCUT2D eigenvalue weighted by atomic mass is 16.5. The second kappa shape index (κ2) is 8.72. The fourth-order valence-corrected chi connectivity index (χ4v) is 2.27. The van der Waals surface area contributed by atoms with E-state index in [4.69, 9.17) is 4.74 Å². The molecule has 0 unspecified atom stereocenters. The Balaban J connectivity index is 2.07. The highest BCUT2D eigenvalue weighted by molar-refractivity contribution is 5.96. The largest absolute Gasteiger partial charge is 0.491 e. The van der Waals surface area contributed by atoms with Gasteiger partial charge in [0.1, 0.15) is 5.75 Å². The number of carbonyl (C=O) groups is 2.